The highest BCUT2D eigenvalue weighted by molar-refractivity contribution is 6.31. The van der Waals surface area contributed by atoms with E-state index in [2.05, 4.69) is 9.97 Å². The number of hydrogen-bond acceptors (Lipinski definition) is 5. The zero-order chi connectivity index (χ0) is 12.3. The van der Waals surface area contributed by atoms with Crippen molar-refractivity contribution >= 4 is 17.4 Å². The molecule has 0 amide bonds. The van der Waals surface area contributed by atoms with E-state index in [-0.39, 0.29) is 16.7 Å². The summed E-state index contributed by atoms with van der Waals surface area (Å²) in [7, 11) is 1.58. The second-order valence-corrected chi connectivity index (χ2v) is 3.52. The van der Waals surface area contributed by atoms with Crippen molar-refractivity contribution in [2.24, 2.45) is 0 Å². The number of nitrogen functional groups attached to an aromatic ring is 1. The molecule has 0 unspecified atom stereocenters. The van der Waals surface area contributed by atoms with Crippen molar-refractivity contribution in [2.45, 2.75) is 0 Å². The van der Waals surface area contributed by atoms with Crippen molar-refractivity contribution in [3.05, 3.63) is 35.7 Å². The third kappa shape index (κ3) is 2.57. The van der Waals surface area contributed by atoms with Crippen LogP contribution in [0.1, 0.15) is 0 Å². The number of benzene rings is 1. The van der Waals surface area contributed by atoms with Crippen LogP contribution in [0.2, 0.25) is 5.15 Å². The van der Waals surface area contributed by atoms with Crippen LogP contribution in [0.4, 0.5) is 5.82 Å². The van der Waals surface area contributed by atoms with E-state index in [1.807, 2.05) is 0 Å². The fourth-order valence-corrected chi connectivity index (χ4v) is 1.42. The van der Waals surface area contributed by atoms with E-state index in [9.17, 15) is 0 Å². The van der Waals surface area contributed by atoms with Gasteiger partial charge < -0.3 is 15.2 Å². The van der Waals surface area contributed by atoms with Crippen LogP contribution in [0, 0.1) is 0 Å². The van der Waals surface area contributed by atoms with Gasteiger partial charge in [0.1, 0.15) is 17.8 Å². The van der Waals surface area contributed by atoms with Gasteiger partial charge in [-0.05, 0) is 12.1 Å². The monoisotopic (exact) mass is 251 g/mol. The summed E-state index contributed by atoms with van der Waals surface area (Å²) in [6, 6.07) is 7.06. The van der Waals surface area contributed by atoms with Gasteiger partial charge >= 0.3 is 0 Å². The first kappa shape index (κ1) is 11.5. The molecule has 2 aromatic rings. The van der Waals surface area contributed by atoms with Crippen LogP contribution < -0.4 is 15.2 Å². The van der Waals surface area contributed by atoms with Crippen LogP contribution >= 0.6 is 11.6 Å². The molecule has 2 rings (SSSR count). The fraction of sp³-hybridized carbons (Fsp3) is 0.0909. The number of nitrogens with zero attached hydrogens (tertiary/aromatic N) is 2. The predicted molar refractivity (Wildman–Crippen MR) is 64.5 cm³/mol. The summed E-state index contributed by atoms with van der Waals surface area (Å²) in [4.78, 5) is 7.60. The molecule has 1 aromatic heterocycles. The Balaban J connectivity index is 2.31. The predicted octanol–water partition coefficient (Wildman–Crippen LogP) is 2.51. The highest BCUT2D eigenvalue weighted by Crippen LogP contribution is 2.32. The van der Waals surface area contributed by atoms with E-state index < -0.39 is 0 Å². The van der Waals surface area contributed by atoms with Gasteiger partial charge in [0.15, 0.2) is 11.0 Å². The molecule has 0 fully saturated rings. The Kier molecular flexibility index (Phi) is 3.30. The normalized spacial score (nSPS) is 10.0. The molecule has 5 nitrogen and oxygen atoms in total. The lowest BCUT2D eigenvalue weighted by atomic mass is 10.3. The number of nitrogens with two attached hydrogens (primary N) is 1. The minimum absolute atomic E-state index is 0.167. The number of rotatable bonds is 3. The Hall–Kier alpha value is -2.01. The van der Waals surface area contributed by atoms with Crippen LogP contribution in [-0.4, -0.2) is 17.1 Å². The van der Waals surface area contributed by atoms with E-state index in [1.54, 1.807) is 31.4 Å². The molecule has 17 heavy (non-hydrogen) atoms. The Labute approximate surface area is 103 Å². The Morgan fingerprint density at radius 2 is 2.00 bits per heavy atom. The molecule has 0 bridgehead atoms. The number of anilines is 1. The molecule has 6 heteroatoms. The van der Waals surface area contributed by atoms with E-state index in [0.717, 1.165) is 0 Å². The number of ether oxygens (including phenoxy) is 2. The molecule has 1 aromatic carbocycles. The zero-order valence-electron chi connectivity index (χ0n) is 9.05. The maximum atomic E-state index is 5.87. The summed E-state index contributed by atoms with van der Waals surface area (Å²) in [5, 5.41) is 0.167. The Morgan fingerprint density at radius 1 is 1.24 bits per heavy atom. The first-order chi connectivity index (χ1) is 8.20. The molecular weight excluding hydrogens is 242 g/mol. The van der Waals surface area contributed by atoms with E-state index in [0.29, 0.717) is 11.5 Å². The van der Waals surface area contributed by atoms with E-state index in [1.165, 1.54) is 6.33 Å². The van der Waals surface area contributed by atoms with Gasteiger partial charge in [0, 0.05) is 6.07 Å². The van der Waals surface area contributed by atoms with Crippen molar-refractivity contribution in [1.82, 2.24) is 9.97 Å². The van der Waals surface area contributed by atoms with Crippen molar-refractivity contribution in [3.63, 3.8) is 0 Å². The van der Waals surface area contributed by atoms with Crippen molar-refractivity contribution in [2.75, 3.05) is 12.8 Å². The van der Waals surface area contributed by atoms with E-state index >= 15 is 0 Å². The SMILES string of the molecule is COc1cccc(Oc2c(N)ncnc2Cl)c1. The van der Waals surface area contributed by atoms with Gasteiger partial charge in [0.05, 0.1) is 7.11 Å². The number of aromatic nitrogens is 2. The molecule has 0 aliphatic heterocycles. The smallest absolute Gasteiger partial charge is 0.206 e. The van der Waals surface area contributed by atoms with Crippen LogP contribution in [0.5, 0.6) is 17.2 Å². The molecule has 0 atom stereocenters. The summed E-state index contributed by atoms with van der Waals surface area (Å²) in [5.74, 6) is 1.65. The Bertz CT molecular complexity index is 514. The van der Waals surface area contributed by atoms with Gasteiger partial charge in [-0.3, -0.25) is 0 Å². The largest absolute Gasteiger partial charge is 0.497 e. The molecule has 2 N–H and O–H groups in total. The van der Waals surface area contributed by atoms with Gasteiger partial charge in [-0.1, -0.05) is 17.7 Å². The highest BCUT2D eigenvalue weighted by atomic mass is 35.5. The molecule has 0 spiro atoms. The zero-order valence-corrected chi connectivity index (χ0v) is 9.81. The summed E-state index contributed by atoms with van der Waals surface area (Å²) in [6.45, 7) is 0. The molecule has 0 saturated heterocycles. The van der Waals surface area contributed by atoms with Gasteiger partial charge in [0.25, 0.3) is 0 Å². The third-order valence-electron chi connectivity index (χ3n) is 2.05. The van der Waals surface area contributed by atoms with Crippen LogP contribution in [-0.2, 0) is 0 Å². The topological polar surface area (TPSA) is 70.3 Å². The molecule has 0 radical (unpaired) electrons. The minimum atomic E-state index is 0.167. The average molecular weight is 252 g/mol. The lowest BCUT2D eigenvalue weighted by Crippen LogP contribution is -1.97. The maximum Gasteiger partial charge on any atom is 0.206 e. The van der Waals surface area contributed by atoms with Crippen LogP contribution in [0.3, 0.4) is 0 Å². The molecular formula is C11H10ClN3O2. The van der Waals surface area contributed by atoms with Gasteiger partial charge in [-0.25, -0.2) is 9.97 Å². The summed E-state index contributed by atoms with van der Waals surface area (Å²) in [5.41, 5.74) is 5.65. The quantitative estimate of drug-likeness (QED) is 0.849. The molecule has 0 aliphatic carbocycles. The number of hydrogen-bond donors (Lipinski definition) is 1. The second kappa shape index (κ2) is 4.88. The van der Waals surface area contributed by atoms with Crippen molar-refractivity contribution in [1.29, 1.82) is 0 Å². The van der Waals surface area contributed by atoms with Gasteiger partial charge in [0.2, 0.25) is 5.75 Å². The number of methoxy groups -OCH3 is 1. The summed E-state index contributed by atoms with van der Waals surface area (Å²) >= 11 is 5.87. The molecule has 0 saturated carbocycles. The molecule has 1 heterocycles. The molecule has 0 aliphatic rings. The average Bonchev–Trinajstić information content (AvgIpc) is 2.34. The minimum Gasteiger partial charge on any atom is -0.497 e. The first-order valence-electron chi connectivity index (χ1n) is 4.78. The van der Waals surface area contributed by atoms with Gasteiger partial charge in [-0.2, -0.15) is 0 Å². The van der Waals surface area contributed by atoms with Crippen molar-refractivity contribution in [3.8, 4) is 17.2 Å². The summed E-state index contributed by atoms with van der Waals surface area (Å²) < 4.78 is 10.6. The maximum absolute atomic E-state index is 5.87. The lowest BCUT2D eigenvalue weighted by molar-refractivity contribution is 0.409. The lowest BCUT2D eigenvalue weighted by Gasteiger charge is -2.09. The first-order valence-corrected chi connectivity index (χ1v) is 5.16. The highest BCUT2D eigenvalue weighted by Gasteiger charge is 2.10. The fourth-order valence-electron chi connectivity index (χ4n) is 1.24. The van der Waals surface area contributed by atoms with Crippen LogP contribution in [0.15, 0.2) is 30.6 Å². The van der Waals surface area contributed by atoms with E-state index in [4.69, 9.17) is 26.8 Å². The summed E-state index contributed by atoms with van der Waals surface area (Å²) in [6.07, 6.45) is 1.27. The Morgan fingerprint density at radius 3 is 2.71 bits per heavy atom. The third-order valence-corrected chi connectivity index (χ3v) is 2.32. The number of halogens is 1. The van der Waals surface area contributed by atoms with Gasteiger partial charge in [-0.15, -0.1) is 0 Å². The van der Waals surface area contributed by atoms with Crippen molar-refractivity contribution < 1.29 is 9.47 Å². The van der Waals surface area contributed by atoms with Crippen LogP contribution in [0.25, 0.3) is 0 Å². The standard InChI is InChI=1S/C11H10ClN3O2/c1-16-7-3-2-4-8(5-7)17-9-10(12)14-6-15-11(9)13/h2-6H,1H3,(H2,13,14,15). The molecule has 88 valence electrons. The second-order valence-electron chi connectivity index (χ2n) is 3.16.